The lowest BCUT2D eigenvalue weighted by Gasteiger charge is -2.14. The van der Waals surface area contributed by atoms with Crippen LogP contribution in [-0.4, -0.2) is 15.2 Å². The van der Waals surface area contributed by atoms with Gasteiger partial charge in [-0.1, -0.05) is 60.4 Å². The Morgan fingerprint density at radius 3 is 2.59 bits per heavy atom. The van der Waals surface area contributed by atoms with E-state index in [0.717, 1.165) is 17.3 Å². The van der Waals surface area contributed by atoms with Crippen LogP contribution >= 0.6 is 24.0 Å². The van der Waals surface area contributed by atoms with Crippen molar-refractivity contribution < 1.29 is 18.8 Å². The number of carbonyl (C=O) groups excluding carboxylic acids is 1. The van der Waals surface area contributed by atoms with Crippen molar-refractivity contribution in [2.75, 3.05) is 4.90 Å². The number of thiocarbonyl (C=S) groups is 1. The van der Waals surface area contributed by atoms with Crippen molar-refractivity contribution in [3.63, 3.8) is 0 Å². The fraction of sp³-hybridized carbons (Fsp3) is 0.0435. The molecule has 1 amide bonds. The van der Waals surface area contributed by atoms with Crippen molar-refractivity contribution in [2.45, 2.75) is 6.61 Å². The van der Waals surface area contributed by atoms with Gasteiger partial charge in [0.05, 0.1) is 15.5 Å². The van der Waals surface area contributed by atoms with Gasteiger partial charge in [-0.05, 0) is 35.9 Å². The SMILES string of the molecule is O=C1/C(=C\c2ccccc2OCc2ccc(F)cc2)SC(=S)N1c1cccc([N+](=O)[O-])c1. The first-order valence-corrected chi connectivity index (χ1v) is 10.6. The van der Waals surface area contributed by atoms with Gasteiger partial charge in [0.2, 0.25) is 0 Å². The molecule has 1 aliphatic rings. The average Bonchev–Trinajstić information content (AvgIpc) is 3.07. The molecule has 1 fully saturated rings. The Bertz CT molecular complexity index is 1240. The van der Waals surface area contributed by atoms with Gasteiger partial charge in [-0.2, -0.15) is 0 Å². The minimum atomic E-state index is -0.522. The lowest BCUT2D eigenvalue weighted by atomic mass is 10.1. The number of nitro benzene ring substituents is 1. The molecule has 0 radical (unpaired) electrons. The van der Waals surface area contributed by atoms with Crippen molar-refractivity contribution in [1.82, 2.24) is 0 Å². The summed E-state index contributed by atoms with van der Waals surface area (Å²) in [7, 11) is 0. The van der Waals surface area contributed by atoms with Crippen LogP contribution < -0.4 is 9.64 Å². The maximum atomic E-state index is 13.1. The molecule has 9 heteroatoms. The molecule has 0 spiro atoms. The first-order chi connectivity index (χ1) is 15.4. The Morgan fingerprint density at radius 1 is 1.09 bits per heavy atom. The first-order valence-electron chi connectivity index (χ1n) is 9.41. The molecular formula is C23H15FN2O4S2. The van der Waals surface area contributed by atoms with Gasteiger partial charge >= 0.3 is 0 Å². The van der Waals surface area contributed by atoms with Crippen LogP contribution in [0.25, 0.3) is 6.08 Å². The van der Waals surface area contributed by atoms with Gasteiger partial charge < -0.3 is 4.74 Å². The van der Waals surface area contributed by atoms with E-state index in [1.165, 1.54) is 35.2 Å². The summed E-state index contributed by atoms with van der Waals surface area (Å²) in [5.41, 5.74) is 1.69. The number of non-ortho nitro benzene ring substituents is 1. The molecule has 1 saturated heterocycles. The number of nitrogens with zero attached hydrogens (tertiary/aromatic N) is 2. The zero-order chi connectivity index (χ0) is 22.7. The topological polar surface area (TPSA) is 72.7 Å². The van der Waals surface area contributed by atoms with Crippen molar-refractivity contribution >= 4 is 51.7 Å². The number of hydrogen-bond acceptors (Lipinski definition) is 6. The Balaban J connectivity index is 1.57. The van der Waals surface area contributed by atoms with Gasteiger partial charge in [-0.3, -0.25) is 19.8 Å². The maximum Gasteiger partial charge on any atom is 0.271 e. The second kappa shape index (κ2) is 9.29. The van der Waals surface area contributed by atoms with Crippen molar-refractivity contribution in [1.29, 1.82) is 0 Å². The molecule has 6 nitrogen and oxygen atoms in total. The third-order valence-electron chi connectivity index (χ3n) is 4.61. The smallest absolute Gasteiger partial charge is 0.271 e. The van der Waals surface area contributed by atoms with E-state index in [2.05, 4.69) is 0 Å². The van der Waals surface area contributed by atoms with Crippen LogP contribution in [0.4, 0.5) is 15.8 Å². The fourth-order valence-corrected chi connectivity index (χ4v) is 4.34. The molecule has 0 unspecified atom stereocenters. The van der Waals surface area contributed by atoms with Crippen LogP contribution in [0.3, 0.4) is 0 Å². The van der Waals surface area contributed by atoms with Gasteiger partial charge in [-0.25, -0.2) is 4.39 Å². The monoisotopic (exact) mass is 466 g/mol. The molecule has 0 bridgehead atoms. The van der Waals surface area contributed by atoms with Gasteiger partial charge in [0, 0.05) is 17.7 Å². The van der Waals surface area contributed by atoms with Crippen molar-refractivity contribution in [3.8, 4) is 5.75 Å². The van der Waals surface area contributed by atoms with Crippen LogP contribution in [0.5, 0.6) is 5.75 Å². The van der Waals surface area contributed by atoms with E-state index in [1.54, 1.807) is 36.4 Å². The number of halogens is 1. The third kappa shape index (κ3) is 4.68. The number of thioether (sulfide) groups is 1. The molecule has 0 atom stereocenters. The van der Waals surface area contributed by atoms with Crippen molar-refractivity contribution in [2.24, 2.45) is 0 Å². The lowest BCUT2D eigenvalue weighted by Crippen LogP contribution is -2.27. The Hall–Kier alpha value is -3.56. The molecule has 0 N–H and O–H groups in total. The van der Waals surface area contributed by atoms with E-state index >= 15 is 0 Å². The number of nitro groups is 1. The number of benzene rings is 3. The van der Waals surface area contributed by atoms with Crippen LogP contribution in [-0.2, 0) is 11.4 Å². The van der Waals surface area contributed by atoms with E-state index in [0.29, 0.717) is 21.9 Å². The molecule has 1 heterocycles. The standard InChI is InChI=1S/C23H15FN2O4S2/c24-17-10-8-15(9-11-17)14-30-20-7-2-1-4-16(20)12-21-22(27)25(23(31)32-21)18-5-3-6-19(13-18)26(28)29/h1-13H,14H2/b21-12+. The quantitative estimate of drug-likeness (QED) is 0.200. The maximum absolute atomic E-state index is 13.1. The summed E-state index contributed by atoms with van der Waals surface area (Å²) in [5, 5.41) is 11.1. The summed E-state index contributed by atoms with van der Waals surface area (Å²) < 4.78 is 19.3. The normalized spacial score (nSPS) is 14.8. The number of ether oxygens (including phenoxy) is 1. The predicted molar refractivity (Wildman–Crippen MR) is 126 cm³/mol. The minimum Gasteiger partial charge on any atom is -0.488 e. The summed E-state index contributed by atoms with van der Waals surface area (Å²) in [5.74, 6) is -0.133. The van der Waals surface area contributed by atoms with Gasteiger partial charge in [-0.15, -0.1) is 0 Å². The van der Waals surface area contributed by atoms with Crippen LogP contribution in [0.15, 0.2) is 77.7 Å². The highest BCUT2D eigenvalue weighted by Gasteiger charge is 2.34. The molecule has 4 rings (SSSR count). The minimum absolute atomic E-state index is 0.125. The van der Waals surface area contributed by atoms with E-state index in [4.69, 9.17) is 17.0 Å². The molecule has 0 saturated carbocycles. The van der Waals surface area contributed by atoms with E-state index in [1.807, 2.05) is 12.1 Å². The van der Waals surface area contributed by atoms with Crippen LogP contribution in [0.1, 0.15) is 11.1 Å². The summed E-state index contributed by atoms with van der Waals surface area (Å²) >= 11 is 6.47. The van der Waals surface area contributed by atoms with Gasteiger partial charge in [0.1, 0.15) is 18.2 Å². The second-order valence-corrected chi connectivity index (χ2v) is 8.42. The van der Waals surface area contributed by atoms with Crippen LogP contribution in [0.2, 0.25) is 0 Å². The number of amides is 1. The molecule has 0 aliphatic carbocycles. The van der Waals surface area contributed by atoms with Crippen molar-refractivity contribution in [3.05, 3.63) is 105 Å². The number of hydrogen-bond donors (Lipinski definition) is 0. The average molecular weight is 467 g/mol. The summed E-state index contributed by atoms with van der Waals surface area (Å²) in [6, 6.07) is 19.0. The predicted octanol–water partition coefficient (Wildman–Crippen LogP) is 5.72. The Morgan fingerprint density at radius 2 is 1.84 bits per heavy atom. The molecule has 3 aromatic rings. The Labute approximate surface area is 192 Å². The molecule has 1 aliphatic heterocycles. The lowest BCUT2D eigenvalue weighted by molar-refractivity contribution is -0.384. The van der Waals surface area contributed by atoms with E-state index < -0.39 is 4.92 Å². The number of anilines is 1. The highest BCUT2D eigenvalue weighted by molar-refractivity contribution is 8.27. The highest BCUT2D eigenvalue weighted by Crippen LogP contribution is 2.38. The van der Waals surface area contributed by atoms with Gasteiger partial charge in [0.15, 0.2) is 4.32 Å². The summed E-state index contributed by atoms with van der Waals surface area (Å²) in [6.07, 6.45) is 1.68. The number of para-hydroxylation sites is 1. The highest BCUT2D eigenvalue weighted by atomic mass is 32.2. The zero-order valence-electron chi connectivity index (χ0n) is 16.4. The number of rotatable bonds is 6. The number of carbonyl (C=O) groups is 1. The third-order valence-corrected chi connectivity index (χ3v) is 5.91. The van der Waals surface area contributed by atoms with E-state index in [9.17, 15) is 19.3 Å². The molecular weight excluding hydrogens is 451 g/mol. The van der Waals surface area contributed by atoms with Gasteiger partial charge in [0.25, 0.3) is 11.6 Å². The van der Waals surface area contributed by atoms with E-state index in [-0.39, 0.29) is 28.3 Å². The Kier molecular flexibility index (Phi) is 6.29. The summed E-state index contributed by atoms with van der Waals surface area (Å²) in [6.45, 7) is 0.236. The first kappa shape index (κ1) is 21.7. The zero-order valence-corrected chi connectivity index (χ0v) is 18.1. The molecule has 32 heavy (non-hydrogen) atoms. The molecule has 3 aromatic carbocycles. The van der Waals surface area contributed by atoms with Crippen LogP contribution in [0, 0.1) is 15.9 Å². The summed E-state index contributed by atoms with van der Waals surface area (Å²) in [4.78, 5) is 25.2. The molecule has 0 aromatic heterocycles. The molecule has 160 valence electrons. The fourth-order valence-electron chi connectivity index (χ4n) is 3.05. The largest absolute Gasteiger partial charge is 0.488 e. The second-order valence-electron chi connectivity index (χ2n) is 6.75.